The summed E-state index contributed by atoms with van der Waals surface area (Å²) < 4.78 is 4.85. The maximum atomic E-state index is 11.3. The summed E-state index contributed by atoms with van der Waals surface area (Å²) in [7, 11) is 0. The van der Waals surface area contributed by atoms with E-state index in [1.165, 1.54) is 4.90 Å². The lowest BCUT2D eigenvalue weighted by Crippen LogP contribution is -2.24. The van der Waals surface area contributed by atoms with Gasteiger partial charge >= 0.3 is 6.09 Å². The fourth-order valence-corrected chi connectivity index (χ4v) is 1.68. The van der Waals surface area contributed by atoms with Crippen LogP contribution in [0, 0.1) is 0 Å². The first kappa shape index (κ1) is 9.08. The highest BCUT2D eigenvalue weighted by molar-refractivity contribution is 5.89. The number of nitrogens with zero attached hydrogens (tertiary/aromatic N) is 3. The van der Waals surface area contributed by atoms with E-state index < -0.39 is 0 Å². The first-order valence-electron chi connectivity index (χ1n) is 5.01. The Hall–Kier alpha value is -2.17. The molecule has 80 valence electrons. The van der Waals surface area contributed by atoms with Crippen molar-refractivity contribution in [2.45, 2.75) is 0 Å². The second-order valence-electron chi connectivity index (χ2n) is 3.48. The lowest BCUT2D eigenvalue weighted by atomic mass is 10.3. The lowest BCUT2D eigenvalue weighted by Gasteiger charge is -2.10. The Bertz CT molecular complexity index is 556. The van der Waals surface area contributed by atoms with E-state index in [9.17, 15) is 4.79 Å². The number of cyclic esters (lactones) is 1. The maximum absolute atomic E-state index is 11.3. The zero-order chi connectivity index (χ0) is 11.0. The molecule has 1 amide bonds. The van der Waals surface area contributed by atoms with Gasteiger partial charge in [-0.15, -0.1) is 0 Å². The van der Waals surface area contributed by atoms with Gasteiger partial charge in [0, 0.05) is 0 Å². The highest BCUT2D eigenvalue weighted by Gasteiger charge is 2.24. The van der Waals surface area contributed by atoms with E-state index in [1.54, 1.807) is 6.20 Å². The molecule has 5 nitrogen and oxygen atoms in total. The van der Waals surface area contributed by atoms with Crippen LogP contribution in [0.2, 0.25) is 0 Å². The summed E-state index contributed by atoms with van der Waals surface area (Å²) in [6, 6.07) is 7.55. The minimum Gasteiger partial charge on any atom is -0.447 e. The molecule has 0 radical (unpaired) electrons. The van der Waals surface area contributed by atoms with E-state index in [1.807, 2.05) is 24.3 Å². The second-order valence-corrected chi connectivity index (χ2v) is 3.48. The zero-order valence-electron chi connectivity index (χ0n) is 8.46. The van der Waals surface area contributed by atoms with Crippen molar-refractivity contribution in [2.75, 3.05) is 18.1 Å². The summed E-state index contributed by atoms with van der Waals surface area (Å²) in [4.78, 5) is 21.5. The average molecular weight is 215 g/mol. The highest BCUT2D eigenvalue weighted by atomic mass is 16.6. The molecular weight excluding hydrogens is 206 g/mol. The molecule has 1 fully saturated rings. The second kappa shape index (κ2) is 3.44. The van der Waals surface area contributed by atoms with Gasteiger partial charge in [-0.1, -0.05) is 12.1 Å². The molecule has 3 rings (SSSR count). The molecule has 1 aliphatic rings. The minimum absolute atomic E-state index is 0.357. The van der Waals surface area contributed by atoms with Gasteiger partial charge in [-0.25, -0.2) is 9.78 Å². The van der Waals surface area contributed by atoms with E-state index in [0.29, 0.717) is 19.0 Å². The number of hydrogen-bond donors (Lipinski definition) is 0. The van der Waals surface area contributed by atoms with Crippen LogP contribution in [0.25, 0.3) is 11.0 Å². The number of ether oxygens (including phenoxy) is 1. The van der Waals surface area contributed by atoms with Gasteiger partial charge in [-0.3, -0.25) is 9.88 Å². The summed E-state index contributed by atoms with van der Waals surface area (Å²) in [6.07, 6.45) is 1.24. The van der Waals surface area contributed by atoms with Crippen LogP contribution in [0.1, 0.15) is 0 Å². The lowest BCUT2D eigenvalue weighted by molar-refractivity contribution is 0.181. The van der Waals surface area contributed by atoms with Gasteiger partial charge in [0.2, 0.25) is 0 Å². The van der Waals surface area contributed by atoms with Gasteiger partial charge < -0.3 is 4.74 Å². The Kier molecular flexibility index (Phi) is 1.96. The molecular formula is C11H9N3O2. The van der Waals surface area contributed by atoms with Crippen LogP contribution in [0.3, 0.4) is 0 Å². The van der Waals surface area contributed by atoms with E-state index in [4.69, 9.17) is 4.74 Å². The van der Waals surface area contributed by atoms with Gasteiger partial charge in [0.1, 0.15) is 6.61 Å². The number of benzene rings is 1. The summed E-state index contributed by atoms with van der Waals surface area (Å²) >= 11 is 0. The third kappa shape index (κ3) is 1.37. The molecule has 0 saturated carbocycles. The van der Waals surface area contributed by atoms with Crippen LogP contribution in [-0.4, -0.2) is 29.2 Å². The SMILES string of the molecule is O=C1OCCN1c1cnc2ccccc2n1. The normalized spacial score (nSPS) is 15.5. The molecule has 2 aromatic rings. The van der Waals surface area contributed by atoms with Gasteiger partial charge in [0.25, 0.3) is 0 Å². The van der Waals surface area contributed by atoms with Crippen LogP contribution in [0.15, 0.2) is 30.5 Å². The fourth-order valence-electron chi connectivity index (χ4n) is 1.68. The number of para-hydroxylation sites is 2. The van der Waals surface area contributed by atoms with Crippen molar-refractivity contribution in [3.63, 3.8) is 0 Å². The molecule has 1 aliphatic heterocycles. The molecule has 2 heterocycles. The molecule has 0 spiro atoms. The van der Waals surface area contributed by atoms with Gasteiger partial charge in [-0.2, -0.15) is 0 Å². The van der Waals surface area contributed by atoms with E-state index in [-0.39, 0.29) is 6.09 Å². The van der Waals surface area contributed by atoms with Crippen molar-refractivity contribution in [3.05, 3.63) is 30.5 Å². The largest absolute Gasteiger partial charge is 0.447 e. The number of rotatable bonds is 1. The number of carbonyl (C=O) groups is 1. The molecule has 0 unspecified atom stereocenters. The number of carbonyl (C=O) groups excluding carboxylic acids is 1. The van der Waals surface area contributed by atoms with Crippen LogP contribution in [-0.2, 0) is 4.74 Å². The molecule has 1 saturated heterocycles. The maximum Gasteiger partial charge on any atom is 0.415 e. The molecule has 0 bridgehead atoms. The Balaban J connectivity index is 2.08. The summed E-state index contributed by atoms with van der Waals surface area (Å²) in [5, 5.41) is 0. The van der Waals surface area contributed by atoms with Gasteiger partial charge in [0.05, 0.1) is 23.8 Å². The quantitative estimate of drug-likeness (QED) is 0.724. The summed E-state index contributed by atoms with van der Waals surface area (Å²) in [5.41, 5.74) is 1.60. The molecule has 1 aromatic heterocycles. The van der Waals surface area contributed by atoms with Gasteiger partial charge in [0.15, 0.2) is 5.82 Å². The van der Waals surface area contributed by atoms with Crippen molar-refractivity contribution >= 4 is 22.9 Å². The number of aromatic nitrogens is 2. The van der Waals surface area contributed by atoms with Crippen LogP contribution >= 0.6 is 0 Å². The third-order valence-corrected chi connectivity index (χ3v) is 2.47. The Labute approximate surface area is 91.7 Å². The average Bonchev–Trinajstić information content (AvgIpc) is 2.75. The summed E-state index contributed by atoms with van der Waals surface area (Å²) in [6.45, 7) is 0.944. The topological polar surface area (TPSA) is 55.3 Å². The highest BCUT2D eigenvalue weighted by Crippen LogP contribution is 2.18. The van der Waals surface area contributed by atoms with Gasteiger partial charge in [-0.05, 0) is 12.1 Å². The third-order valence-electron chi connectivity index (χ3n) is 2.47. The van der Waals surface area contributed by atoms with Crippen molar-refractivity contribution in [2.24, 2.45) is 0 Å². The van der Waals surface area contributed by atoms with Crippen LogP contribution < -0.4 is 4.90 Å². The molecule has 0 atom stereocenters. The standard InChI is InChI=1S/C11H9N3O2/c15-11-14(5-6-16-11)10-7-12-8-3-1-2-4-9(8)13-10/h1-4,7H,5-6H2. The van der Waals surface area contributed by atoms with E-state index >= 15 is 0 Å². The van der Waals surface area contributed by atoms with Crippen molar-refractivity contribution < 1.29 is 9.53 Å². The Morgan fingerprint density at radius 1 is 1.25 bits per heavy atom. The molecule has 16 heavy (non-hydrogen) atoms. The number of fused-ring (bicyclic) bond motifs is 1. The van der Waals surface area contributed by atoms with Crippen molar-refractivity contribution in [3.8, 4) is 0 Å². The minimum atomic E-state index is -0.357. The van der Waals surface area contributed by atoms with E-state index in [0.717, 1.165) is 11.0 Å². The number of amides is 1. The van der Waals surface area contributed by atoms with Crippen molar-refractivity contribution in [1.29, 1.82) is 0 Å². The monoisotopic (exact) mass is 215 g/mol. The Morgan fingerprint density at radius 2 is 2.06 bits per heavy atom. The first-order chi connectivity index (χ1) is 7.84. The van der Waals surface area contributed by atoms with Crippen LogP contribution in [0.4, 0.5) is 10.6 Å². The molecule has 0 aliphatic carbocycles. The zero-order valence-corrected chi connectivity index (χ0v) is 8.46. The van der Waals surface area contributed by atoms with Crippen LogP contribution in [0.5, 0.6) is 0 Å². The fraction of sp³-hybridized carbons (Fsp3) is 0.182. The molecule has 0 N–H and O–H groups in total. The smallest absolute Gasteiger partial charge is 0.415 e. The first-order valence-corrected chi connectivity index (χ1v) is 5.01. The van der Waals surface area contributed by atoms with E-state index in [2.05, 4.69) is 9.97 Å². The molecule has 5 heteroatoms. The number of anilines is 1. The summed E-state index contributed by atoms with van der Waals surface area (Å²) in [5.74, 6) is 0.543. The predicted octanol–water partition coefficient (Wildman–Crippen LogP) is 1.59. The number of hydrogen-bond acceptors (Lipinski definition) is 4. The van der Waals surface area contributed by atoms with Crippen molar-refractivity contribution in [1.82, 2.24) is 9.97 Å². The predicted molar refractivity (Wildman–Crippen MR) is 58.2 cm³/mol. The Morgan fingerprint density at radius 3 is 2.81 bits per heavy atom. The molecule has 1 aromatic carbocycles.